The monoisotopic (exact) mass is 458 g/mol. The molecule has 0 bridgehead atoms. The number of aryl methyl sites for hydroxylation is 1. The highest BCUT2D eigenvalue weighted by Crippen LogP contribution is 2.43. The fourth-order valence-corrected chi connectivity index (χ4v) is 4.94. The Bertz CT molecular complexity index is 1260. The van der Waals surface area contributed by atoms with Gasteiger partial charge in [0.1, 0.15) is 12.7 Å². The van der Waals surface area contributed by atoms with Crippen molar-refractivity contribution < 1.29 is 0 Å². The number of anilines is 2. The zero-order valence-corrected chi connectivity index (χ0v) is 19.9. The summed E-state index contributed by atoms with van der Waals surface area (Å²) in [5, 5.41) is 12.2. The van der Waals surface area contributed by atoms with E-state index in [1.165, 1.54) is 5.56 Å². The van der Waals surface area contributed by atoms with Crippen LogP contribution in [0, 0.1) is 13.8 Å². The molecule has 0 unspecified atom stereocenters. The molecule has 4 aromatic rings. The minimum Gasteiger partial charge on any atom is -0.378 e. The number of hydrogen-bond donors (Lipinski definition) is 1. The van der Waals surface area contributed by atoms with E-state index in [0.29, 0.717) is 5.11 Å². The first kappa shape index (κ1) is 21.1. The number of nitrogens with one attached hydrogen (secondary N) is 1. The molecule has 8 nitrogen and oxygen atoms in total. The Morgan fingerprint density at radius 1 is 1.00 bits per heavy atom. The van der Waals surface area contributed by atoms with E-state index in [0.717, 1.165) is 28.5 Å². The Labute approximate surface area is 198 Å². The molecule has 9 heteroatoms. The third kappa shape index (κ3) is 3.64. The summed E-state index contributed by atoms with van der Waals surface area (Å²) in [6.07, 6.45) is 5.23. The normalized spacial score (nSPS) is 17.9. The van der Waals surface area contributed by atoms with Gasteiger partial charge >= 0.3 is 0 Å². The minimum absolute atomic E-state index is 0.0750. The molecule has 168 valence electrons. The second-order valence-corrected chi connectivity index (χ2v) is 8.77. The molecule has 33 heavy (non-hydrogen) atoms. The number of thiocarbonyl (C=S) groups is 1. The summed E-state index contributed by atoms with van der Waals surface area (Å²) in [5.74, 6) is 0. The van der Waals surface area contributed by atoms with E-state index < -0.39 is 0 Å². The van der Waals surface area contributed by atoms with E-state index in [1.807, 2.05) is 43.2 Å². The van der Waals surface area contributed by atoms with Gasteiger partial charge in [-0.25, -0.2) is 4.68 Å². The molecule has 0 saturated carbocycles. The van der Waals surface area contributed by atoms with Crippen LogP contribution in [0.15, 0.2) is 67.4 Å². The van der Waals surface area contributed by atoms with Crippen molar-refractivity contribution in [2.24, 2.45) is 0 Å². The highest BCUT2D eigenvalue weighted by atomic mass is 32.1. The van der Waals surface area contributed by atoms with Crippen LogP contribution >= 0.6 is 12.2 Å². The predicted molar refractivity (Wildman–Crippen MR) is 133 cm³/mol. The van der Waals surface area contributed by atoms with Crippen molar-refractivity contribution >= 4 is 28.7 Å². The van der Waals surface area contributed by atoms with Gasteiger partial charge in [-0.3, -0.25) is 9.66 Å². The largest absolute Gasteiger partial charge is 0.378 e. The van der Waals surface area contributed by atoms with E-state index in [1.54, 1.807) is 12.7 Å². The van der Waals surface area contributed by atoms with Gasteiger partial charge in [0.2, 0.25) is 0 Å². The van der Waals surface area contributed by atoms with Gasteiger partial charge in [0, 0.05) is 48.6 Å². The molecular formula is C24H26N8S. The third-order valence-corrected chi connectivity index (χ3v) is 6.45. The smallest absolute Gasteiger partial charge is 0.174 e. The molecule has 0 radical (unpaired) electrons. The zero-order chi connectivity index (χ0) is 23.1. The van der Waals surface area contributed by atoms with E-state index >= 15 is 0 Å². The van der Waals surface area contributed by atoms with Gasteiger partial charge < -0.3 is 15.1 Å². The molecular weight excluding hydrogens is 432 g/mol. The molecule has 1 aliphatic heterocycles. The fourth-order valence-electron chi connectivity index (χ4n) is 4.59. The van der Waals surface area contributed by atoms with Crippen LogP contribution in [0.5, 0.6) is 0 Å². The summed E-state index contributed by atoms with van der Waals surface area (Å²) in [7, 11) is 4.08. The Hall–Kier alpha value is -3.72. The number of benzene rings is 1. The Morgan fingerprint density at radius 2 is 1.73 bits per heavy atom. The Morgan fingerprint density at radius 3 is 2.36 bits per heavy atom. The first-order valence-electron chi connectivity index (χ1n) is 10.8. The zero-order valence-electron chi connectivity index (χ0n) is 19.0. The number of aromatic nitrogens is 5. The maximum atomic E-state index is 5.87. The third-order valence-electron chi connectivity index (χ3n) is 6.13. The van der Waals surface area contributed by atoms with Crippen molar-refractivity contribution in [3.8, 4) is 0 Å². The lowest BCUT2D eigenvalue weighted by Gasteiger charge is -2.28. The summed E-state index contributed by atoms with van der Waals surface area (Å²) >= 11 is 5.87. The van der Waals surface area contributed by atoms with Crippen LogP contribution in [0.1, 0.15) is 34.7 Å². The summed E-state index contributed by atoms with van der Waals surface area (Å²) in [6.45, 7) is 4.20. The van der Waals surface area contributed by atoms with Crippen molar-refractivity contribution in [3.05, 3.63) is 90.0 Å². The molecule has 1 N–H and O–H groups in total. The summed E-state index contributed by atoms with van der Waals surface area (Å²) in [6, 6.07) is 16.5. The van der Waals surface area contributed by atoms with E-state index in [4.69, 9.17) is 12.2 Å². The van der Waals surface area contributed by atoms with Gasteiger partial charge in [0.05, 0.1) is 17.8 Å². The van der Waals surface area contributed by atoms with Gasteiger partial charge in [-0.2, -0.15) is 0 Å². The van der Waals surface area contributed by atoms with Crippen molar-refractivity contribution in [1.82, 2.24) is 29.9 Å². The highest BCUT2D eigenvalue weighted by Gasteiger charge is 2.42. The number of rotatable bonds is 5. The molecule has 1 fully saturated rings. The van der Waals surface area contributed by atoms with Crippen molar-refractivity contribution in [3.63, 3.8) is 0 Å². The van der Waals surface area contributed by atoms with Gasteiger partial charge in [0.25, 0.3) is 0 Å². The molecule has 0 spiro atoms. The predicted octanol–water partition coefficient (Wildman–Crippen LogP) is 3.65. The van der Waals surface area contributed by atoms with E-state index in [-0.39, 0.29) is 12.1 Å². The van der Waals surface area contributed by atoms with E-state index in [2.05, 4.69) is 79.2 Å². The number of pyridine rings is 1. The molecule has 1 saturated heterocycles. The van der Waals surface area contributed by atoms with E-state index in [9.17, 15) is 0 Å². The van der Waals surface area contributed by atoms with Crippen LogP contribution in [0.25, 0.3) is 0 Å². The molecule has 2 atom stereocenters. The number of hydrogen-bond acceptors (Lipinski definition) is 5. The SMILES string of the molecule is Cc1cc([C@@H]2[C@H](c3ccccn3)NC(=S)N2c2ccc(N(C)C)cc2)c(C)n1-n1cnnc1. The molecule has 0 aliphatic carbocycles. The van der Waals surface area contributed by atoms with Crippen molar-refractivity contribution in [2.75, 3.05) is 23.9 Å². The Balaban J connectivity index is 1.65. The lowest BCUT2D eigenvalue weighted by Crippen LogP contribution is -2.29. The first-order chi connectivity index (χ1) is 16.0. The van der Waals surface area contributed by atoms with Crippen molar-refractivity contribution in [2.45, 2.75) is 25.9 Å². The molecule has 0 amide bonds. The van der Waals surface area contributed by atoms with Crippen LogP contribution < -0.4 is 15.1 Å². The van der Waals surface area contributed by atoms with Crippen LogP contribution in [0.4, 0.5) is 11.4 Å². The summed E-state index contributed by atoms with van der Waals surface area (Å²) in [4.78, 5) is 8.95. The second kappa shape index (κ2) is 8.32. The van der Waals surface area contributed by atoms with Crippen LogP contribution in [0.3, 0.4) is 0 Å². The summed E-state index contributed by atoms with van der Waals surface area (Å²) in [5.41, 5.74) is 6.48. The highest BCUT2D eigenvalue weighted by molar-refractivity contribution is 7.80. The maximum absolute atomic E-state index is 5.87. The average Bonchev–Trinajstić information content (AvgIpc) is 3.52. The topological polar surface area (TPSA) is 67.0 Å². The molecule has 3 aromatic heterocycles. The molecule has 4 heterocycles. The maximum Gasteiger partial charge on any atom is 0.174 e. The summed E-state index contributed by atoms with van der Waals surface area (Å²) < 4.78 is 4.00. The molecule has 1 aliphatic rings. The standard InChI is InChI=1S/C24H26N8S/c1-16-13-20(17(2)32(16)30-14-26-27-15-30)23-22(21-7-5-6-12-25-21)28-24(33)31(23)19-10-8-18(9-11-19)29(3)4/h5-15,22-23H,1-4H3,(H,28,33)/t22-,23+/m0/s1. The van der Waals surface area contributed by atoms with Gasteiger partial charge in [-0.05, 0) is 68.5 Å². The van der Waals surface area contributed by atoms with Crippen LogP contribution in [-0.4, -0.2) is 43.7 Å². The lowest BCUT2D eigenvalue weighted by molar-refractivity contribution is 0.557. The minimum atomic E-state index is -0.0953. The van der Waals surface area contributed by atoms with Gasteiger partial charge in [-0.1, -0.05) is 6.07 Å². The van der Waals surface area contributed by atoms with Gasteiger partial charge in [-0.15, -0.1) is 10.2 Å². The molecule has 5 rings (SSSR count). The van der Waals surface area contributed by atoms with Crippen LogP contribution in [-0.2, 0) is 0 Å². The fraction of sp³-hybridized carbons (Fsp3) is 0.250. The average molecular weight is 459 g/mol. The molecule has 1 aromatic carbocycles. The van der Waals surface area contributed by atoms with Crippen LogP contribution in [0.2, 0.25) is 0 Å². The lowest BCUT2D eigenvalue weighted by atomic mass is 9.96. The second-order valence-electron chi connectivity index (χ2n) is 8.39. The van der Waals surface area contributed by atoms with Crippen molar-refractivity contribution in [1.29, 1.82) is 0 Å². The Kier molecular flexibility index (Phi) is 5.33. The van der Waals surface area contributed by atoms with Gasteiger partial charge in [0.15, 0.2) is 5.11 Å². The first-order valence-corrected chi connectivity index (χ1v) is 11.2. The quantitative estimate of drug-likeness (QED) is 0.458. The number of nitrogens with zero attached hydrogens (tertiary/aromatic N) is 7.